The largest absolute Gasteiger partial charge is 0.379 e. The SMILES string of the molecule is NC1(c2nc(N3CCCCC3)no2)CCOC1. The van der Waals surface area contributed by atoms with Gasteiger partial charge in [-0.15, -0.1) is 0 Å². The molecule has 0 amide bonds. The van der Waals surface area contributed by atoms with Gasteiger partial charge < -0.3 is 19.9 Å². The fourth-order valence-corrected chi connectivity index (χ4v) is 2.39. The number of piperidine rings is 1. The highest BCUT2D eigenvalue weighted by molar-refractivity contribution is 5.29. The Balaban J connectivity index is 1.77. The van der Waals surface area contributed by atoms with Crippen LogP contribution in [0.2, 0.25) is 0 Å². The molecule has 2 aliphatic heterocycles. The van der Waals surface area contributed by atoms with Gasteiger partial charge in [0.25, 0.3) is 11.8 Å². The van der Waals surface area contributed by atoms with Gasteiger partial charge in [0.1, 0.15) is 5.54 Å². The monoisotopic (exact) mass is 238 g/mol. The highest BCUT2D eigenvalue weighted by atomic mass is 16.5. The summed E-state index contributed by atoms with van der Waals surface area (Å²) in [5, 5.41) is 4.03. The number of ether oxygens (including phenoxy) is 1. The van der Waals surface area contributed by atoms with Gasteiger partial charge in [-0.05, 0) is 30.8 Å². The topological polar surface area (TPSA) is 77.4 Å². The molecular weight excluding hydrogens is 220 g/mol. The van der Waals surface area contributed by atoms with Gasteiger partial charge in [0.05, 0.1) is 6.61 Å². The van der Waals surface area contributed by atoms with E-state index in [4.69, 9.17) is 15.0 Å². The van der Waals surface area contributed by atoms with Crippen molar-refractivity contribution in [2.24, 2.45) is 5.73 Å². The quantitative estimate of drug-likeness (QED) is 0.814. The average Bonchev–Trinajstić information content (AvgIpc) is 2.99. The Morgan fingerprint density at radius 2 is 2.06 bits per heavy atom. The fraction of sp³-hybridized carbons (Fsp3) is 0.818. The number of nitrogens with two attached hydrogens (primary N) is 1. The number of aromatic nitrogens is 2. The lowest BCUT2D eigenvalue weighted by Crippen LogP contribution is -2.37. The van der Waals surface area contributed by atoms with Crippen LogP contribution >= 0.6 is 0 Å². The van der Waals surface area contributed by atoms with Crippen molar-refractivity contribution in [2.75, 3.05) is 31.2 Å². The third kappa shape index (κ3) is 2.02. The summed E-state index contributed by atoms with van der Waals surface area (Å²) in [4.78, 5) is 6.59. The minimum atomic E-state index is -0.582. The molecule has 94 valence electrons. The van der Waals surface area contributed by atoms with E-state index < -0.39 is 5.54 Å². The zero-order chi connectivity index (χ0) is 11.7. The van der Waals surface area contributed by atoms with E-state index in [9.17, 15) is 0 Å². The second-order valence-electron chi connectivity index (χ2n) is 4.91. The van der Waals surface area contributed by atoms with Crippen molar-refractivity contribution >= 4 is 5.95 Å². The van der Waals surface area contributed by atoms with Crippen LogP contribution in [0, 0.1) is 0 Å². The molecule has 1 aromatic heterocycles. The lowest BCUT2D eigenvalue weighted by atomic mass is 10.0. The molecule has 2 fully saturated rings. The van der Waals surface area contributed by atoms with Crippen LogP contribution in [0.5, 0.6) is 0 Å². The molecule has 2 saturated heterocycles. The predicted octanol–water partition coefficient (Wildman–Crippen LogP) is 0.634. The molecule has 0 spiro atoms. The molecule has 6 nitrogen and oxygen atoms in total. The van der Waals surface area contributed by atoms with Gasteiger partial charge in [0, 0.05) is 19.7 Å². The third-order valence-electron chi connectivity index (χ3n) is 3.53. The van der Waals surface area contributed by atoms with Gasteiger partial charge >= 0.3 is 0 Å². The summed E-state index contributed by atoms with van der Waals surface area (Å²) in [6.45, 7) is 3.15. The molecule has 3 rings (SSSR count). The Kier molecular flexibility index (Phi) is 2.76. The molecule has 1 atom stereocenters. The summed E-state index contributed by atoms with van der Waals surface area (Å²) in [5.41, 5.74) is 5.60. The smallest absolute Gasteiger partial charge is 0.266 e. The molecule has 3 heterocycles. The molecular formula is C11H18N4O2. The fourth-order valence-electron chi connectivity index (χ4n) is 2.39. The zero-order valence-corrected chi connectivity index (χ0v) is 9.89. The summed E-state index contributed by atoms with van der Waals surface area (Å²) in [6, 6.07) is 0. The number of anilines is 1. The van der Waals surface area contributed by atoms with Crippen molar-refractivity contribution < 1.29 is 9.26 Å². The van der Waals surface area contributed by atoms with Crippen LogP contribution in [-0.4, -0.2) is 36.4 Å². The van der Waals surface area contributed by atoms with Crippen molar-refractivity contribution in [3.63, 3.8) is 0 Å². The van der Waals surface area contributed by atoms with E-state index in [2.05, 4.69) is 15.0 Å². The molecule has 0 aliphatic carbocycles. The maximum Gasteiger partial charge on any atom is 0.266 e. The molecule has 0 saturated carbocycles. The van der Waals surface area contributed by atoms with Crippen molar-refractivity contribution in [1.82, 2.24) is 10.1 Å². The van der Waals surface area contributed by atoms with Gasteiger partial charge in [-0.2, -0.15) is 4.98 Å². The summed E-state index contributed by atoms with van der Waals surface area (Å²) >= 11 is 0. The van der Waals surface area contributed by atoms with Gasteiger partial charge in [0.2, 0.25) is 0 Å². The van der Waals surface area contributed by atoms with E-state index in [1.807, 2.05) is 0 Å². The van der Waals surface area contributed by atoms with E-state index >= 15 is 0 Å². The maximum atomic E-state index is 6.18. The van der Waals surface area contributed by atoms with Crippen LogP contribution in [0.4, 0.5) is 5.95 Å². The number of hydrogen-bond acceptors (Lipinski definition) is 6. The normalized spacial score (nSPS) is 29.8. The second-order valence-corrected chi connectivity index (χ2v) is 4.91. The second kappa shape index (κ2) is 4.27. The highest BCUT2D eigenvalue weighted by Gasteiger charge is 2.38. The van der Waals surface area contributed by atoms with Crippen molar-refractivity contribution in [3.05, 3.63) is 5.89 Å². The molecule has 0 bridgehead atoms. The van der Waals surface area contributed by atoms with Crippen LogP contribution in [0.25, 0.3) is 0 Å². The molecule has 2 N–H and O–H groups in total. The minimum absolute atomic E-state index is 0.467. The lowest BCUT2D eigenvalue weighted by molar-refractivity contribution is 0.166. The van der Waals surface area contributed by atoms with E-state index in [0.717, 1.165) is 19.5 Å². The van der Waals surface area contributed by atoms with Gasteiger partial charge in [-0.25, -0.2) is 0 Å². The van der Waals surface area contributed by atoms with Crippen molar-refractivity contribution in [3.8, 4) is 0 Å². The van der Waals surface area contributed by atoms with E-state index in [0.29, 0.717) is 25.1 Å². The van der Waals surface area contributed by atoms with Crippen LogP contribution in [0.3, 0.4) is 0 Å². The summed E-state index contributed by atoms with van der Waals surface area (Å²) in [6.07, 6.45) is 4.42. The molecule has 1 aromatic rings. The average molecular weight is 238 g/mol. The number of hydrogen-bond donors (Lipinski definition) is 1. The maximum absolute atomic E-state index is 6.18. The third-order valence-corrected chi connectivity index (χ3v) is 3.53. The Morgan fingerprint density at radius 1 is 1.24 bits per heavy atom. The number of rotatable bonds is 2. The van der Waals surface area contributed by atoms with Crippen LogP contribution in [0.1, 0.15) is 31.6 Å². The molecule has 17 heavy (non-hydrogen) atoms. The first-order valence-electron chi connectivity index (χ1n) is 6.24. The Labute approximate surface area is 100 Å². The first kappa shape index (κ1) is 11.0. The van der Waals surface area contributed by atoms with Gasteiger partial charge in [-0.3, -0.25) is 0 Å². The summed E-state index contributed by atoms with van der Waals surface area (Å²) in [5.74, 6) is 1.19. The first-order valence-corrected chi connectivity index (χ1v) is 6.24. The Hall–Kier alpha value is -1.14. The number of nitrogens with zero attached hydrogens (tertiary/aromatic N) is 3. The lowest BCUT2D eigenvalue weighted by Gasteiger charge is -2.24. The zero-order valence-electron chi connectivity index (χ0n) is 9.89. The Morgan fingerprint density at radius 3 is 2.76 bits per heavy atom. The van der Waals surface area contributed by atoms with Gasteiger partial charge in [-0.1, -0.05) is 0 Å². The highest BCUT2D eigenvalue weighted by Crippen LogP contribution is 2.28. The van der Waals surface area contributed by atoms with Gasteiger partial charge in [0.15, 0.2) is 0 Å². The van der Waals surface area contributed by atoms with E-state index in [-0.39, 0.29) is 0 Å². The summed E-state index contributed by atoms with van der Waals surface area (Å²) in [7, 11) is 0. The van der Waals surface area contributed by atoms with E-state index in [1.54, 1.807) is 0 Å². The van der Waals surface area contributed by atoms with Crippen molar-refractivity contribution in [2.45, 2.75) is 31.2 Å². The first-order chi connectivity index (χ1) is 8.28. The van der Waals surface area contributed by atoms with E-state index in [1.165, 1.54) is 19.3 Å². The Bertz CT molecular complexity index is 381. The molecule has 1 unspecified atom stereocenters. The van der Waals surface area contributed by atoms with Crippen LogP contribution in [-0.2, 0) is 10.3 Å². The minimum Gasteiger partial charge on any atom is -0.379 e. The van der Waals surface area contributed by atoms with Crippen molar-refractivity contribution in [1.29, 1.82) is 0 Å². The predicted molar refractivity (Wildman–Crippen MR) is 61.7 cm³/mol. The standard InChI is InChI=1S/C11H18N4O2/c12-11(4-7-16-8-11)9-13-10(14-17-9)15-5-2-1-3-6-15/h1-8,12H2. The molecule has 0 aromatic carbocycles. The molecule has 2 aliphatic rings. The van der Waals surface area contributed by atoms with Crippen LogP contribution in [0.15, 0.2) is 4.52 Å². The molecule has 6 heteroatoms. The van der Waals surface area contributed by atoms with Crippen LogP contribution < -0.4 is 10.6 Å². The summed E-state index contributed by atoms with van der Waals surface area (Å²) < 4.78 is 10.6. The molecule has 0 radical (unpaired) electrons.